The molecule has 0 heterocycles. The van der Waals surface area contributed by atoms with Gasteiger partial charge in [-0.25, -0.2) is 13.2 Å². The largest absolute Gasteiger partial charge is 0.478 e. The van der Waals surface area contributed by atoms with Gasteiger partial charge in [-0.1, -0.05) is 11.6 Å². The molecule has 1 rings (SSSR count). The van der Waals surface area contributed by atoms with Crippen molar-refractivity contribution in [2.24, 2.45) is 0 Å². The second-order valence-corrected chi connectivity index (χ2v) is 7.37. The van der Waals surface area contributed by atoms with Crippen molar-refractivity contribution in [3.05, 3.63) is 28.8 Å². The summed E-state index contributed by atoms with van der Waals surface area (Å²) in [4.78, 5) is 22.5. The molecule has 6 nitrogen and oxygen atoms in total. The first kappa shape index (κ1) is 16.5. The minimum atomic E-state index is -3.53. The zero-order valence-corrected chi connectivity index (χ0v) is 12.5. The molecule has 0 saturated heterocycles. The van der Waals surface area contributed by atoms with Crippen molar-refractivity contribution in [1.29, 1.82) is 0 Å². The topological polar surface area (TPSA) is 101 Å². The van der Waals surface area contributed by atoms with Gasteiger partial charge in [-0.3, -0.25) is 4.79 Å². The van der Waals surface area contributed by atoms with Gasteiger partial charge in [-0.2, -0.15) is 0 Å². The Balaban J connectivity index is 2.91. The fourth-order valence-corrected chi connectivity index (χ4v) is 2.23. The molecule has 0 aliphatic heterocycles. The fraction of sp³-hybridized carbons (Fsp3) is 0.333. The maximum Gasteiger partial charge on any atom is 0.335 e. The van der Waals surface area contributed by atoms with Gasteiger partial charge in [-0.05, 0) is 32.0 Å². The number of amides is 1. The Morgan fingerprint density at radius 3 is 2.45 bits per heavy atom. The molecule has 0 bridgehead atoms. The zero-order chi connectivity index (χ0) is 15.5. The van der Waals surface area contributed by atoms with Gasteiger partial charge in [0, 0.05) is 0 Å². The predicted octanol–water partition coefficient (Wildman–Crippen LogP) is 1.80. The first-order chi connectivity index (χ1) is 9.13. The number of rotatable bonds is 5. The molecule has 1 aromatic rings. The Kier molecular flexibility index (Phi) is 5.13. The number of sulfone groups is 1. The van der Waals surface area contributed by atoms with E-state index in [-0.39, 0.29) is 16.3 Å². The Hall–Kier alpha value is -1.60. The van der Waals surface area contributed by atoms with Gasteiger partial charge in [0.2, 0.25) is 5.91 Å². The van der Waals surface area contributed by atoms with E-state index in [2.05, 4.69) is 5.32 Å². The quantitative estimate of drug-likeness (QED) is 0.861. The fourth-order valence-electron chi connectivity index (χ4n) is 1.29. The van der Waals surface area contributed by atoms with Gasteiger partial charge in [0.25, 0.3) is 0 Å². The first-order valence-electron chi connectivity index (χ1n) is 5.67. The molecule has 8 heteroatoms. The van der Waals surface area contributed by atoms with Crippen LogP contribution >= 0.6 is 11.6 Å². The van der Waals surface area contributed by atoms with Gasteiger partial charge in [0.1, 0.15) is 5.75 Å². The standard InChI is InChI=1S/C12H14ClNO5S/c1-7(2)20(18,19)6-11(15)14-10-5-8(12(16)17)3-4-9(10)13/h3-5,7H,6H2,1-2H3,(H,14,15)(H,16,17). The number of carboxylic acid groups (broad SMARTS) is 1. The third kappa shape index (κ3) is 4.21. The number of halogens is 1. The van der Waals surface area contributed by atoms with E-state index in [0.717, 1.165) is 0 Å². The molecule has 0 aliphatic rings. The van der Waals surface area contributed by atoms with Crippen molar-refractivity contribution in [3.63, 3.8) is 0 Å². The second kappa shape index (κ2) is 6.23. The zero-order valence-electron chi connectivity index (χ0n) is 10.9. The lowest BCUT2D eigenvalue weighted by atomic mass is 10.2. The van der Waals surface area contributed by atoms with Crippen LogP contribution in [0.2, 0.25) is 5.02 Å². The lowest BCUT2D eigenvalue weighted by Crippen LogP contribution is -2.28. The second-order valence-electron chi connectivity index (χ2n) is 4.40. The van der Waals surface area contributed by atoms with E-state index in [9.17, 15) is 18.0 Å². The van der Waals surface area contributed by atoms with Gasteiger partial charge in [-0.15, -0.1) is 0 Å². The minimum Gasteiger partial charge on any atom is -0.478 e. The third-order valence-electron chi connectivity index (χ3n) is 2.54. The van der Waals surface area contributed by atoms with Crippen LogP contribution in [-0.4, -0.2) is 36.4 Å². The highest BCUT2D eigenvalue weighted by atomic mass is 35.5. The number of carbonyl (C=O) groups is 2. The number of aromatic carboxylic acids is 1. The van der Waals surface area contributed by atoms with Crippen molar-refractivity contribution in [2.45, 2.75) is 19.1 Å². The van der Waals surface area contributed by atoms with Crippen molar-refractivity contribution in [2.75, 3.05) is 11.1 Å². The maximum absolute atomic E-state index is 11.7. The number of hydrogen-bond acceptors (Lipinski definition) is 4. The lowest BCUT2D eigenvalue weighted by Gasteiger charge is -2.10. The average molecular weight is 320 g/mol. The summed E-state index contributed by atoms with van der Waals surface area (Å²) in [7, 11) is -3.53. The highest BCUT2D eigenvalue weighted by molar-refractivity contribution is 7.92. The maximum atomic E-state index is 11.7. The van der Waals surface area contributed by atoms with Gasteiger partial charge in [0.15, 0.2) is 9.84 Å². The summed E-state index contributed by atoms with van der Waals surface area (Å²) in [5.41, 5.74) is 0.00643. The lowest BCUT2D eigenvalue weighted by molar-refractivity contribution is -0.113. The molecule has 0 aromatic heterocycles. The molecule has 0 aliphatic carbocycles. The predicted molar refractivity (Wildman–Crippen MR) is 76.0 cm³/mol. The van der Waals surface area contributed by atoms with E-state index >= 15 is 0 Å². The molecule has 20 heavy (non-hydrogen) atoms. The van der Waals surface area contributed by atoms with E-state index in [1.165, 1.54) is 32.0 Å². The summed E-state index contributed by atoms with van der Waals surface area (Å²) >= 11 is 5.82. The normalized spacial score (nSPS) is 11.4. The molecular weight excluding hydrogens is 306 g/mol. The van der Waals surface area contributed by atoms with E-state index in [1.807, 2.05) is 0 Å². The monoisotopic (exact) mass is 319 g/mol. The van der Waals surface area contributed by atoms with Crippen LogP contribution in [0.25, 0.3) is 0 Å². The summed E-state index contributed by atoms with van der Waals surface area (Å²) in [6.07, 6.45) is 0. The number of nitrogens with one attached hydrogen (secondary N) is 1. The average Bonchev–Trinajstić information content (AvgIpc) is 2.30. The molecule has 0 saturated carbocycles. The van der Waals surface area contributed by atoms with Crippen molar-refractivity contribution < 1.29 is 23.1 Å². The van der Waals surface area contributed by atoms with Crippen molar-refractivity contribution >= 4 is 39.0 Å². The van der Waals surface area contributed by atoms with Crippen LogP contribution in [0.1, 0.15) is 24.2 Å². The van der Waals surface area contributed by atoms with Crippen LogP contribution in [0.4, 0.5) is 5.69 Å². The van der Waals surface area contributed by atoms with E-state index < -0.39 is 32.7 Å². The summed E-state index contributed by atoms with van der Waals surface area (Å²) in [6.45, 7) is 2.95. The highest BCUT2D eigenvalue weighted by Crippen LogP contribution is 2.23. The minimum absolute atomic E-state index is 0.0589. The van der Waals surface area contributed by atoms with Crippen LogP contribution < -0.4 is 5.32 Å². The Morgan fingerprint density at radius 1 is 1.35 bits per heavy atom. The number of hydrogen-bond donors (Lipinski definition) is 2. The molecule has 1 amide bonds. The molecule has 1 aromatic carbocycles. The molecule has 0 unspecified atom stereocenters. The molecule has 2 N–H and O–H groups in total. The molecule has 0 atom stereocenters. The van der Waals surface area contributed by atoms with Crippen LogP contribution in [0, 0.1) is 0 Å². The van der Waals surface area contributed by atoms with Crippen LogP contribution in [-0.2, 0) is 14.6 Å². The molecule has 0 radical (unpaired) electrons. The third-order valence-corrected chi connectivity index (χ3v) is 4.97. The first-order valence-corrected chi connectivity index (χ1v) is 7.77. The summed E-state index contributed by atoms with van der Waals surface area (Å²) < 4.78 is 23.2. The molecule has 0 spiro atoms. The smallest absolute Gasteiger partial charge is 0.335 e. The Morgan fingerprint density at radius 2 is 1.95 bits per heavy atom. The van der Waals surface area contributed by atoms with E-state index in [1.54, 1.807) is 0 Å². The van der Waals surface area contributed by atoms with Gasteiger partial charge < -0.3 is 10.4 Å². The van der Waals surface area contributed by atoms with Gasteiger partial charge >= 0.3 is 5.97 Å². The summed E-state index contributed by atoms with van der Waals surface area (Å²) in [5, 5.41) is 10.6. The number of carboxylic acids is 1. The van der Waals surface area contributed by atoms with Crippen molar-refractivity contribution in [1.82, 2.24) is 0 Å². The molecular formula is C12H14ClNO5S. The summed E-state index contributed by atoms with van der Waals surface area (Å²) in [5.74, 6) is -2.62. The van der Waals surface area contributed by atoms with E-state index in [0.29, 0.717) is 0 Å². The van der Waals surface area contributed by atoms with Crippen LogP contribution in [0.3, 0.4) is 0 Å². The number of anilines is 1. The summed E-state index contributed by atoms with van der Waals surface area (Å²) in [6, 6.07) is 3.77. The number of benzene rings is 1. The SMILES string of the molecule is CC(C)S(=O)(=O)CC(=O)Nc1cc(C(=O)O)ccc1Cl. The Labute approximate surface area is 121 Å². The van der Waals surface area contributed by atoms with Crippen molar-refractivity contribution in [3.8, 4) is 0 Å². The van der Waals surface area contributed by atoms with E-state index in [4.69, 9.17) is 16.7 Å². The van der Waals surface area contributed by atoms with Gasteiger partial charge in [0.05, 0.1) is 21.5 Å². The van der Waals surface area contributed by atoms with Crippen LogP contribution in [0.15, 0.2) is 18.2 Å². The Bertz CT molecular complexity index is 639. The number of carbonyl (C=O) groups excluding carboxylic acids is 1. The molecule has 110 valence electrons. The highest BCUT2D eigenvalue weighted by Gasteiger charge is 2.21. The molecule has 0 fully saturated rings. The van der Waals surface area contributed by atoms with Crippen LogP contribution in [0.5, 0.6) is 0 Å².